The van der Waals surface area contributed by atoms with Crippen molar-refractivity contribution in [2.24, 2.45) is 0 Å². The van der Waals surface area contributed by atoms with Gasteiger partial charge in [-0.1, -0.05) is 0 Å². The molecule has 0 fully saturated rings. The summed E-state index contributed by atoms with van der Waals surface area (Å²) in [4.78, 5) is 4.96. The second kappa shape index (κ2) is 4.72. The first-order chi connectivity index (χ1) is 12.8. The third kappa shape index (κ3) is 1.69. The lowest BCUT2D eigenvalue weighted by molar-refractivity contribution is 0.174. The highest BCUT2D eigenvalue weighted by molar-refractivity contribution is 6.21. The minimum Gasteiger partial charge on any atom is -0.454 e. The lowest BCUT2D eigenvalue weighted by Gasteiger charge is -2.11. The molecule has 0 amide bonds. The number of aromatic nitrogens is 5. The Labute approximate surface area is 146 Å². The number of aromatic amines is 2. The third-order valence-corrected chi connectivity index (χ3v) is 4.96. The van der Waals surface area contributed by atoms with Gasteiger partial charge in [-0.3, -0.25) is 10.2 Å². The second-order valence-corrected chi connectivity index (χ2v) is 6.41. The second-order valence-electron chi connectivity index (χ2n) is 6.41. The smallest absolute Gasteiger partial charge is 0.231 e. The van der Waals surface area contributed by atoms with Crippen LogP contribution in [0.4, 0.5) is 0 Å². The van der Waals surface area contributed by atoms with Crippen LogP contribution in [0.5, 0.6) is 11.5 Å². The van der Waals surface area contributed by atoms with Gasteiger partial charge >= 0.3 is 0 Å². The highest BCUT2D eigenvalue weighted by Crippen LogP contribution is 2.43. The lowest BCUT2D eigenvalue weighted by Crippen LogP contribution is -1.92. The molecule has 0 unspecified atom stereocenters. The minimum atomic E-state index is 0.234. The van der Waals surface area contributed by atoms with E-state index in [1.165, 1.54) is 0 Å². The van der Waals surface area contributed by atoms with E-state index in [0.717, 1.165) is 61.0 Å². The van der Waals surface area contributed by atoms with E-state index in [2.05, 4.69) is 20.4 Å². The van der Waals surface area contributed by atoms with Crippen molar-refractivity contribution in [3.63, 3.8) is 0 Å². The fourth-order valence-electron chi connectivity index (χ4n) is 3.70. The van der Waals surface area contributed by atoms with Crippen LogP contribution in [0.2, 0.25) is 0 Å². The Balaban J connectivity index is 1.86. The maximum absolute atomic E-state index is 5.62. The number of rotatable bonds is 1. The van der Waals surface area contributed by atoms with Gasteiger partial charge in [-0.2, -0.15) is 10.2 Å². The minimum absolute atomic E-state index is 0.234. The van der Waals surface area contributed by atoms with E-state index < -0.39 is 0 Å². The molecule has 2 aromatic carbocycles. The number of hydrogen-bond donors (Lipinski definition) is 2. The van der Waals surface area contributed by atoms with Gasteiger partial charge < -0.3 is 9.47 Å². The topological polar surface area (TPSA) is 88.7 Å². The number of aryl methyl sites for hydroxylation is 1. The van der Waals surface area contributed by atoms with Gasteiger partial charge in [0.1, 0.15) is 0 Å². The molecule has 3 aromatic heterocycles. The highest BCUT2D eigenvalue weighted by Gasteiger charge is 2.21. The highest BCUT2D eigenvalue weighted by atomic mass is 16.7. The number of nitrogens with zero attached hydrogens (tertiary/aromatic N) is 3. The zero-order chi connectivity index (χ0) is 17.3. The quantitative estimate of drug-likeness (QED) is 0.453. The van der Waals surface area contributed by atoms with Crippen molar-refractivity contribution in [3.05, 3.63) is 42.4 Å². The molecule has 7 heteroatoms. The molecule has 0 spiro atoms. The molecule has 126 valence electrons. The summed E-state index contributed by atoms with van der Waals surface area (Å²) in [5, 5.41) is 18.5. The molecule has 0 aliphatic carbocycles. The molecule has 0 atom stereocenters. The average Bonchev–Trinajstić information content (AvgIpc) is 3.38. The van der Waals surface area contributed by atoms with Crippen molar-refractivity contribution in [1.82, 2.24) is 25.4 Å². The summed E-state index contributed by atoms with van der Waals surface area (Å²) in [5.74, 6) is 1.49. The first-order valence-electron chi connectivity index (χ1n) is 8.29. The average molecular weight is 343 g/mol. The largest absolute Gasteiger partial charge is 0.454 e. The van der Waals surface area contributed by atoms with Gasteiger partial charge in [-0.25, -0.2) is 4.98 Å². The zero-order valence-corrected chi connectivity index (χ0v) is 13.8. The Morgan fingerprint density at radius 3 is 2.54 bits per heavy atom. The number of ether oxygens (including phenoxy) is 2. The van der Waals surface area contributed by atoms with Crippen molar-refractivity contribution in [2.45, 2.75) is 6.92 Å². The number of fused-ring (bicyclic) bond motifs is 6. The molecule has 0 bridgehead atoms. The van der Waals surface area contributed by atoms with Crippen LogP contribution in [0.1, 0.15) is 5.69 Å². The van der Waals surface area contributed by atoms with E-state index in [9.17, 15) is 0 Å². The number of H-pyrrole nitrogens is 2. The normalized spacial score (nSPS) is 13.3. The van der Waals surface area contributed by atoms with Gasteiger partial charge in [0.25, 0.3) is 0 Å². The number of pyridine rings is 1. The van der Waals surface area contributed by atoms with Crippen molar-refractivity contribution >= 4 is 32.6 Å². The van der Waals surface area contributed by atoms with Crippen molar-refractivity contribution < 1.29 is 9.47 Å². The van der Waals surface area contributed by atoms with Crippen molar-refractivity contribution in [2.75, 3.05) is 6.79 Å². The molecule has 0 saturated carbocycles. The predicted molar refractivity (Wildman–Crippen MR) is 97.3 cm³/mol. The fourth-order valence-corrected chi connectivity index (χ4v) is 3.70. The first-order valence-corrected chi connectivity index (χ1v) is 8.29. The zero-order valence-electron chi connectivity index (χ0n) is 13.8. The van der Waals surface area contributed by atoms with Gasteiger partial charge in [-0.05, 0) is 36.6 Å². The molecule has 7 nitrogen and oxygen atoms in total. The molecule has 1 aliphatic rings. The van der Waals surface area contributed by atoms with Crippen molar-refractivity contribution in [1.29, 1.82) is 0 Å². The number of nitrogens with one attached hydrogen (secondary N) is 2. The van der Waals surface area contributed by atoms with E-state index in [4.69, 9.17) is 14.5 Å². The Kier molecular flexibility index (Phi) is 2.48. The predicted octanol–water partition coefficient (Wildman–Crippen LogP) is 3.69. The van der Waals surface area contributed by atoms with Crippen LogP contribution >= 0.6 is 0 Å². The summed E-state index contributed by atoms with van der Waals surface area (Å²) < 4.78 is 11.2. The third-order valence-electron chi connectivity index (χ3n) is 4.96. The van der Waals surface area contributed by atoms with E-state index in [-0.39, 0.29) is 6.79 Å². The summed E-state index contributed by atoms with van der Waals surface area (Å²) in [6, 6.07) is 8.05. The Bertz CT molecular complexity index is 1330. The molecule has 0 radical (unpaired) electrons. The van der Waals surface area contributed by atoms with Crippen LogP contribution in [0.25, 0.3) is 43.8 Å². The number of benzene rings is 2. The maximum atomic E-state index is 5.62. The standard InChI is InChI=1S/C19H13N5O2/c1-9-12(6-20-23-9)19-11-5-17-16(25-8-26-17)4-10(11)18-13-7-21-24-14(13)2-3-15(18)22-19/h2-7H,8H2,1H3,(H,20,23)(H,21,24). The summed E-state index contributed by atoms with van der Waals surface area (Å²) in [6.45, 7) is 2.23. The molecular formula is C19H13N5O2. The van der Waals surface area contributed by atoms with Crippen LogP contribution in [-0.4, -0.2) is 32.2 Å². The molecule has 1 aliphatic heterocycles. The van der Waals surface area contributed by atoms with E-state index in [0.29, 0.717) is 0 Å². The van der Waals surface area contributed by atoms with Gasteiger partial charge in [0, 0.05) is 27.4 Å². The molecule has 0 saturated heterocycles. The Morgan fingerprint density at radius 2 is 1.73 bits per heavy atom. The van der Waals surface area contributed by atoms with E-state index in [1.807, 2.05) is 43.6 Å². The monoisotopic (exact) mass is 343 g/mol. The maximum Gasteiger partial charge on any atom is 0.231 e. The molecule has 4 heterocycles. The number of hydrogen-bond acceptors (Lipinski definition) is 5. The summed E-state index contributed by atoms with van der Waals surface area (Å²) >= 11 is 0. The van der Waals surface area contributed by atoms with Crippen LogP contribution in [0.3, 0.4) is 0 Å². The summed E-state index contributed by atoms with van der Waals surface area (Å²) in [6.07, 6.45) is 3.65. The van der Waals surface area contributed by atoms with Crippen LogP contribution in [0.15, 0.2) is 36.7 Å². The van der Waals surface area contributed by atoms with Gasteiger partial charge in [-0.15, -0.1) is 0 Å². The van der Waals surface area contributed by atoms with Gasteiger partial charge in [0.05, 0.1) is 29.1 Å². The van der Waals surface area contributed by atoms with Gasteiger partial charge in [0.15, 0.2) is 11.5 Å². The van der Waals surface area contributed by atoms with Crippen LogP contribution in [0, 0.1) is 6.92 Å². The van der Waals surface area contributed by atoms with Crippen molar-refractivity contribution in [3.8, 4) is 22.8 Å². The Hall–Kier alpha value is -3.61. The SMILES string of the molecule is Cc1[nH]ncc1-c1nc2ccc3[nH]ncc3c2c2cc3c(cc12)OCO3. The fraction of sp³-hybridized carbons (Fsp3) is 0.105. The Morgan fingerprint density at radius 1 is 0.923 bits per heavy atom. The van der Waals surface area contributed by atoms with E-state index >= 15 is 0 Å². The lowest BCUT2D eigenvalue weighted by atomic mass is 9.98. The molecule has 6 rings (SSSR count). The van der Waals surface area contributed by atoms with Crippen LogP contribution < -0.4 is 9.47 Å². The molecule has 2 N–H and O–H groups in total. The van der Waals surface area contributed by atoms with Crippen LogP contribution in [-0.2, 0) is 0 Å². The van der Waals surface area contributed by atoms with Gasteiger partial charge in [0.2, 0.25) is 6.79 Å². The van der Waals surface area contributed by atoms with E-state index in [1.54, 1.807) is 0 Å². The molecular weight excluding hydrogens is 330 g/mol. The first kappa shape index (κ1) is 13.7. The molecule has 26 heavy (non-hydrogen) atoms. The summed E-state index contributed by atoms with van der Waals surface area (Å²) in [7, 11) is 0. The molecule has 5 aromatic rings. The summed E-state index contributed by atoms with van der Waals surface area (Å²) in [5.41, 5.74) is 4.70.